The third-order valence-electron chi connectivity index (χ3n) is 3.96. The topological polar surface area (TPSA) is 115 Å². The third-order valence-corrected chi connectivity index (χ3v) is 3.96. The zero-order valence-electron chi connectivity index (χ0n) is 15.0. The molecule has 1 N–H and O–H groups in total. The van der Waals surface area contributed by atoms with E-state index in [2.05, 4.69) is 15.3 Å². The van der Waals surface area contributed by atoms with Crippen LogP contribution >= 0.6 is 0 Å². The summed E-state index contributed by atoms with van der Waals surface area (Å²) in [7, 11) is 1.38. The number of ether oxygens (including phenoxy) is 1. The molecule has 1 heterocycles. The average Bonchev–Trinajstić information content (AvgIpc) is 2.94. The second kappa shape index (κ2) is 7.24. The lowest BCUT2D eigenvalue weighted by atomic mass is 10.2. The van der Waals surface area contributed by atoms with Crippen LogP contribution in [0.25, 0.3) is 5.69 Å². The Labute approximate surface area is 154 Å². The third kappa shape index (κ3) is 3.61. The van der Waals surface area contributed by atoms with E-state index in [-0.39, 0.29) is 28.4 Å². The molecule has 0 saturated heterocycles. The number of aromatic nitrogens is 2. The molecule has 0 saturated carbocycles. The monoisotopic (exact) mass is 367 g/mol. The highest BCUT2D eigenvalue weighted by atomic mass is 16.6. The molecule has 9 nitrogen and oxygen atoms in total. The van der Waals surface area contributed by atoms with Crippen molar-refractivity contribution in [3.63, 3.8) is 0 Å². The molecule has 3 rings (SSSR count). The van der Waals surface area contributed by atoms with Gasteiger partial charge in [-0.2, -0.15) is 0 Å². The second-order valence-corrected chi connectivity index (χ2v) is 5.87. The van der Waals surface area contributed by atoms with Crippen LogP contribution in [0.1, 0.15) is 11.3 Å². The Kier molecular flexibility index (Phi) is 4.84. The van der Waals surface area contributed by atoms with E-state index >= 15 is 0 Å². The Morgan fingerprint density at radius 2 is 1.81 bits per heavy atom. The molecule has 1 aromatic heterocycles. The highest BCUT2D eigenvalue weighted by Crippen LogP contribution is 2.32. The van der Waals surface area contributed by atoms with Crippen molar-refractivity contribution in [3.05, 3.63) is 74.2 Å². The summed E-state index contributed by atoms with van der Waals surface area (Å²) >= 11 is 0. The fourth-order valence-corrected chi connectivity index (χ4v) is 2.50. The predicted octanol–water partition coefficient (Wildman–Crippen LogP) is 4.11. The number of nitrogens with one attached hydrogen (secondary N) is 1. The van der Waals surface area contributed by atoms with Gasteiger partial charge in [0.25, 0.3) is 11.2 Å². The molecule has 0 atom stereocenters. The minimum atomic E-state index is -0.528. The van der Waals surface area contributed by atoms with E-state index in [0.717, 1.165) is 5.56 Å². The molecule has 138 valence electrons. The number of non-ortho nitro benzene ring substituents is 1. The van der Waals surface area contributed by atoms with Gasteiger partial charge < -0.3 is 4.74 Å². The SMILES string of the molecule is COc1cc([N+](=O)[O-])ccc1N=Nc1c(C)[nH]n(-c2ccc(C)cc2)c1=O. The Balaban J connectivity index is 1.98. The molecular weight excluding hydrogens is 350 g/mol. The van der Waals surface area contributed by atoms with E-state index < -0.39 is 4.92 Å². The molecule has 0 bridgehead atoms. The van der Waals surface area contributed by atoms with Crippen LogP contribution in [0.2, 0.25) is 0 Å². The summed E-state index contributed by atoms with van der Waals surface area (Å²) < 4.78 is 6.51. The van der Waals surface area contributed by atoms with Crippen molar-refractivity contribution < 1.29 is 9.66 Å². The summed E-state index contributed by atoms with van der Waals surface area (Å²) in [6, 6.07) is 11.4. The van der Waals surface area contributed by atoms with E-state index in [1.54, 1.807) is 6.92 Å². The molecule has 0 spiro atoms. The normalized spacial score (nSPS) is 11.1. The number of nitro benzene ring substituents is 1. The molecule has 0 aliphatic heterocycles. The molecule has 0 unspecified atom stereocenters. The Morgan fingerprint density at radius 3 is 2.44 bits per heavy atom. The number of nitrogens with zero attached hydrogens (tertiary/aromatic N) is 4. The van der Waals surface area contributed by atoms with Crippen molar-refractivity contribution in [2.45, 2.75) is 13.8 Å². The number of methoxy groups -OCH3 is 1. The fourth-order valence-electron chi connectivity index (χ4n) is 2.50. The lowest BCUT2D eigenvalue weighted by molar-refractivity contribution is -0.384. The summed E-state index contributed by atoms with van der Waals surface area (Å²) in [5.41, 5.74) is 2.28. The lowest BCUT2D eigenvalue weighted by Gasteiger charge is -2.02. The van der Waals surface area contributed by atoms with Crippen LogP contribution in [-0.4, -0.2) is 21.8 Å². The number of aryl methyl sites for hydroxylation is 2. The molecule has 0 radical (unpaired) electrons. The lowest BCUT2D eigenvalue weighted by Crippen LogP contribution is -2.13. The summed E-state index contributed by atoms with van der Waals surface area (Å²) in [4.78, 5) is 23.0. The Hall–Kier alpha value is -3.75. The molecule has 0 aliphatic carbocycles. The summed E-state index contributed by atoms with van der Waals surface area (Å²) in [6.07, 6.45) is 0. The first-order chi connectivity index (χ1) is 12.9. The first-order valence-corrected chi connectivity index (χ1v) is 8.03. The van der Waals surface area contributed by atoms with E-state index in [9.17, 15) is 14.9 Å². The highest BCUT2D eigenvalue weighted by Gasteiger charge is 2.14. The minimum absolute atomic E-state index is 0.120. The molecule has 0 aliphatic rings. The molecule has 2 aromatic carbocycles. The maximum atomic E-state index is 12.7. The van der Waals surface area contributed by atoms with Crippen LogP contribution in [-0.2, 0) is 0 Å². The van der Waals surface area contributed by atoms with E-state index in [0.29, 0.717) is 11.4 Å². The number of azo groups is 1. The maximum Gasteiger partial charge on any atom is 0.299 e. The highest BCUT2D eigenvalue weighted by molar-refractivity contribution is 5.57. The molecule has 9 heteroatoms. The van der Waals surface area contributed by atoms with Crippen molar-refractivity contribution in [3.8, 4) is 11.4 Å². The smallest absolute Gasteiger partial charge is 0.299 e. The molecular formula is C18H17N5O4. The molecule has 27 heavy (non-hydrogen) atoms. The number of hydrogen-bond donors (Lipinski definition) is 1. The van der Waals surface area contributed by atoms with Crippen LogP contribution in [0.5, 0.6) is 5.75 Å². The molecule has 3 aromatic rings. The van der Waals surface area contributed by atoms with Gasteiger partial charge >= 0.3 is 0 Å². The standard InChI is InChI=1S/C18H17N5O4/c1-11-4-6-13(7-5-11)22-18(24)17(12(2)21-22)20-19-15-9-8-14(23(25)26)10-16(15)27-3/h4-10,21H,1-3H3. The summed E-state index contributed by atoms with van der Waals surface area (Å²) in [5.74, 6) is 0.194. The number of nitro groups is 1. The van der Waals surface area contributed by atoms with Crippen LogP contribution in [0.15, 0.2) is 57.5 Å². The van der Waals surface area contributed by atoms with Gasteiger partial charge in [-0.15, -0.1) is 10.2 Å². The molecule has 0 amide bonds. The van der Waals surface area contributed by atoms with E-state index in [1.165, 1.54) is 30.0 Å². The number of benzene rings is 2. The van der Waals surface area contributed by atoms with Crippen molar-refractivity contribution in [1.29, 1.82) is 0 Å². The Morgan fingerprint density at radius 1 is 1.11 bits per heavy atom. The van der Waals surface area contributed by atoms with Gasteiger partial charge in [0.2, 0.25) is 0 Å². The van der Waals surface area contributed by atoms with Crippen LogP contribution in [0.3, 0.4) is 0 Å². The second-order valence-electron chi connectivity index (χ2n) is 5.87. The summed E-state index contributed by atoms with van der Waals surface area (Å²) in [5, 5.41) is 21.9. The zero-order chi connectivity index (χ0) is 19.6. The van der Waals surface area contributed by atoms with Gasteiger partial charge in [-0.3, -0.25) is 20.0 Å². The largest absolute Gasteiger partial charge is 0.494 e. The quantitative estimate of drug-likeness (QED) is 0.415. The average molecular weight is 367 g/mol. The fraction of sp³-hybridized carbons (Fsp3) is 0.167. The van der Waals surface area contributed by atoms with Gasteiger partial charge in [0.1, 0.15) is 5.69 Å². The van der Waals surface area contributed by atoms with Gasteiger partial charge in [-0.25, -0.2) is 4.68 Å². The number of H-pyrrole nitrogens is 1. The maximum absolute atomic E-state index is 12.7. The number of aromatic amines is 1. The van der Waals surface area contributed by atoms with Crippen LogP contribution in [0.4, 0.5) is 17.1 Å². The first kappa shape index (κ1) is 18.1. The van der Waals surface area contributed by atoms with Crippen molar-refractivity contribution in [2.24, 2.45) is 10.2 Å². The first-order valence-electron chi connectivity index (χ1n) is 8.03. The van der Waals surface area contributed by atoms with E-state index in [4.69, 9.17) is 4.74 Å². The predicted molar refractivity (Wildman–Crippen MR) is 99.7 cm³/mol. The number of rotatable bonds is 5. The zero-order valence-corrected chi connectivity index (χ0v) is 15.0. The van der Waals surface area contributed by atoms with Crippen LogP contribution in [0, 0.1) is 24.0 Å². The van der Waals surface area contributed by atoms with E-state index in [1.807, 2.05) is 31.2 Å². The van der Waals surface area contributed by atoms with Crippen molar-refractivity contribution in [2.75, 3.05) is 7.11 Å². The van der Waals surface area contributed by atoms with Gasteiger partial charge in [-0.1, -0.05) is 17.7 Å². The minimum Gasteiger partial charge on any atom is -0.494 e. The summed E-state index contributed by atoms with van der Waals surface area (Å²) in [6.45, 7) is 3.68. The van der Waals surface area contributed by atoms with Gasteiger partial charge in [-0.05, 0) is 32.0 Å². The van der Waals surface area contributed by atoms with Gasteiger partial charge in [0.05, 0.1) is 29.5 Å². The van der Waals surface area contributed by atoms with Crippen molar-refractivity contribution in [1.82, 2.24) is 9.78 Å². The van der Waals surface area contributed by atoms with Crippen molar-refractivity contribution >= 4 is 17.1 Å². The van der Waals surface area contributed by atoms with Gasteiger partial charge in [0.15, 0.2) is 11.4 Å². The van der Waals surface area contributed by atoms with Gasteiger partial charge in [0, 0.05) is 6.07 Å². The van der Waals surface area contributed by atoms with Crippen LogP contribution < -0.4 is 10.3 Å². The molecule has 0 fully saturated rings. The number of hydrogen-bond acceptors (Lipinski definition) is 6. The Bertz CT molecular complexity index is 1080.